The van der Waals surface area contributed by atoms with Gasteiger partial charge in [0.15, 0.2) is 5.76 Å². The Morgan fingerprint density at radius 2 is 1.57 bits per heavy atom. The van der Waals surface area contributed by atoms with Gasteiger partial charge < -0.3 is 9.47 Å². The summed E-state index contributed by atoms with van der Waals surface area (Å²) in [6.07, 6.45) is 1.36. The van der Waals surface area contributed by atoms with Gasteiger partial charge in [-0.15, -0.1) is 0 Å². The molecule has 0 aliphatic rings. The van der Waals surface area contributed by atoms with Crippen molar-refractivity contribution in [2.45, 2.75) is 26.2 Å². The van der Waals surface area contributed by atoms with Gasteiger partial charge in [0, 0.05) is 5.56 Å². The van der Waals surface area contributed by atoms with Crippen LogP contribution in [-0.2, 0) is 14.9 Å². The number of hydrogen-bond acceptors (Lipinski definition) is 3. The summed E-state index contributed by atoms with van der Waals surface area (Å²) in [7, 11) is 1.55. The lowest BCUT2D eigenvalue weighted by molar-refractivity contribution is 0.0656. The third kappa shape index (κ3) is 4.22. The van der Waals surface area contributed by atoms with Crippen molar-refractivity contribution in [3.05, 3.63) is 77.5 Å². The number of methoxy groups -OCH3 is 1. The summed E-state index contributed by atoms with van der Waals surface area (Å²) in [5, 5.41) is 0. The summed E-state index contributed by atoms with van der Waals surface area (Å²) in [5.74, 6) is 0.119. The van der Waals surface area contributed by atoms with Crippen LogP contribution < -0.4 is 0 Å². The molecule has 0 saturated carbocycles. The zero-order valence-electron chi connectivity index (χ0n) is 14.0. The Labute approximate surface area is 137 Å². The second-order valence-electron chi connectivity index (χ2n) is 6.25. The molecule has 0 aliphatic heterocycles. The Hall–Kier alpha value is -2.55. The Morgan fingerprint density at radius 1 is 0.957 bits per heavy atom. The first-order valence-electron chi connectivity index (χ1n) is 7.53. The van der Waals surface area contributed by atoms with Crippen molar-refractivity contribution >= 4 is 11.7 Å². The SMILES string of the molecule is COC(=COC(=O)c1ccccc1C(C)(C)C)c1ccccc1. The van der Waals surface area contributed by atoms with Crippen molar-refractivity contribution in [3.8, 4) is 0 Å². The molecule has 0 heterocycles. The quantitative estimate of drug-likeness (QED) is 0.602. The van der Waals surface area contributed by atoms with Gasteiger partial charge in [0.25, 0.3) is 0 Å². The fourth-order valence-corrected chi connectivity index (χ4v) is 2.32. The van der Waals surface area contributed by atoms with Crippen LogP contribution in [0.15, 0.2) is 60.9 Å². The minimum Gasteiger partial charge on any atom is -0.493 e. The van der Waals surface area contributed by atoms with Gasteiger partial charge >= 0.3 is 5.97 Å². The van der Waals surface area contributed by atoms with Crippen LogP contribution in [-0.4, -0.2) is 13.1 Å². The van der Waals surface area contributed by atoms with Crippen LogP contribution in [0.5, 0.6) is 0 Å². The molecule has 2 rings (SSSR count). The smallest absolute Gasteiger partial charge is 0.343 e. The number of carbonyl (C=O) groups excluding carboxylic acids is 1. The van der Waals surface area contributed by atoms with E-state index in [2.05, 4.69) is 20.8 Å². The molecule has 0 atom stereocenters. The predicted molar refractivity (Wildman–Crippen MR) is 92.0 cm³/mol. The van der Waals surface area contributed by atoms with Gasteiger partial charge in [-0.2, -0.15) is 0 Å². The van der Waals surface area contributed by atoms with Crippen LogP contribution in [0.1, 0.15) is 42.3 Å². The largest absolute Gasteiger partial charge is 0.493 e. The summed E-state index contributed by atoms with van der Waals surface area (Å²) < 4.78 is 10.6. The van der Waals surface area contributed by atoms with E-state index in [4.69, 9.17) is 9.47 Å². The van der Waals surface area contributed by atoms with Crippen molar-refractivity contribution in [2.75, 3.05) is 7.11 Å². The zero-order chi connectivity index (χ0) is 16.9. The lowest BCUT2D eigenvalue weighted by Crippen LogP contribution is -2.17. The molecule has 0 spiro atoms. The van der Waals surface area contributed by atoms with Crippen LogP contribution in [0.3, 0.4) is 0 Å². The number of hydrogen-bond donors (Lipinski definition) is 0. The monoisotopic (exact) mass is 310 g/mol. The molecule has 0 aliphatic carbocycles. The number of esters is 1. The number of benzene rings is 2. The van der Waals surface area contributed by atoms with Crippen LogP contribution in [0.2, 0.25) is 0 Å². The van der Waals surface area contributed by atoms with E-state index in [1.807, 2.05) is 48.5 Å². The summed E-state index contributed by atoms with van der Waals surface area (Å²) in [4.78, 5) is 12.4. The van der Waals surface area contributed by atoms with Gasteiger partial charge in [-0.05, 0) is 17.0 Å². The van der Waals surface area contributed by atoms with E-state index >= 15 is 0 Å². The average Bonchev–Trinajstić information content (AvgIpc) is 2.55. The fraction of sp³-hybridized carbons (Fsp3) is 0.250. The van der Waals surface area contributed by atoms with E-state index < -0.39 is 0 Å². The Kier molecular flexibility index (Phi) is 5.22. The van der Waals surface area contributed by atoms with E-state index in [0.29, 0.717) is 11.3 Å². The normalized spacial score (nSPS) is 11.9. The van der Waals surface area contributed by atoms with Crippen LogP contribution >= 0.6 is 0 Å². The van der Waals surface area contributed by atoms with Gasteiger partial charge in [0.05, 0.1) is 12.7 Å². The van der Waals surface area contributed by atoms with Crippen molar-refractivity contribution in [3.63, 3.8) is 0 Å². The molecule has 0 bridgehead atoms. The first-order valence-corrected chi connectivity index (χ1v) is 7.53. The highest BCUT2D eigenvalue weighted by Gasteiger charge is 2.21. The molecule has 0 fully saturated rings. The fourth-order valence-electron chi connectivity index (χ4n) is 2.32. The minimum atomic E-state index is -0.388. The summed E-state index contributed by atoms with van der Waals surface area (Å²) in [5.41, 5.74) is 2.24. The highest BCUT2D eigenvalue weighted by atomic mass is 16.5. The topological polar surface area (TPSA) is 35.5 Å². The molecule has 0 saturated heterocycles. The molecular weight excluding hydrogens is 288 g/mol. The standard InChI is InChI=1S/C20H22O3/c1-20(2,3)17-13-9-8-12-16(17)19(21)23-14-18(22-4)15-10-6-5-7-11-15/h5-14H,1-4H3. The Morgan fingerprint density at radius 3 is 2.17 bits per heavy atom. The number of rotatable bonds is 4. The summed E-state index contributed by atoms with van der Waals surface area (Å²) >= 11 is 0. The molecular formula is C20H22O3. The first-order chi connectivity index (χ1) is 10.9. The molecule has 0 aromatic heterocycles. The Balaban J connectivity index is 2.25. The van der Waals surface area contributed by atoms with Gasteiger partial charge in [-0.25, -0.2) is 4.79 Å². The molecule has 0 radical (unpaired) electrons. The third-order valence-corrected chi connectivity index (χ3v) is 3.51. The third-order valence-electron chi connectivity index (χ3n) is 3.51. The zero-order valence-corrected chi connectivity index (χ0v) is 14.0. The van der Waals surface area contributed by atoms with Crippen molar-refractivity contribution < 1.29 is 14.3 Å². The number of ether oxygens (including phenoxy) is 2. The minimum absolute atomic E-state index is 0.136. The molecule has 3 nitrogen and oxygen atoms in total. The average molecular weight is 310 g/mol. The second-order valence-corrected chi connectivity index (χ2v) is 6.25. The second kappa shape index (κ2) is 7.14. The molecule has 120 valence electrons. The molecule has 0 unspecified atom stereocenters. The molecule has 2 aromatic rings. The lowest BCUT2D eigenvalue weighted by Gasteiger charge is -2.21. The van der Waals surface area contributed by atoms with E-state index in [0.717, 1.165) is 11.1 Å². The summed E-state index contributed by atoms with van der Waals surface area (Å²) in [6.45, 7) is 6.21. The van der Waals surface area contributed by atoms with Crippen molar-refractivity contribution in [2.24, 2.45) is 0 Å². The van der Waals surface area contributed by atoms with Gasteiger partial charge in [0.2, 0.25) is 0 Å². The van der Waals surface area contributed by atoms with Gasteiger partial charge in [-0.3, -0.25) is 0 Å². The van der Waals surface area contributed by atoms with Crippen molar-refractivity contribution in [1.29, 1.82) is 0 Å². The van der Waals surface area contributed by atoms with E-state index in [9.17, 15) is 4.79 Å². The maximum absolute atomic E-state index is 12.4. The molecule has 23 heavy (non-hydrogen) atoms. The van der Waals surface area contributed by atoms with E-state index in [-0.39, 0.29) is 11.4 Å². The maximum atomic E-state index is 12.4. The van der Waals surface area contributed by atoms with Crippen molar-refractivity contribution in [1.82, 2.24) is 0 Å². The maximum Gasteiger partial charge on any atom is 0.343 e. The highest BCUT2D eigenvalue weighted by molar-refractivity contribution is 5.92. The molecule has 0 N–H and O–H groups in total. The predicted octanol–water partition coefficient (Wildman–Crippen LogP) is 4.79. The lowest BCUT2D eigenvalue weighted by atomic mass is 9.84. The summed E-state index contributed by atoms with van der Waals surface area (Å²) in [6, 6.07) is 17.0. The van der Waals surface area contributed by atoms with Crippen LogP contribution in [0, 0.1) is 0 Å². The molecule has 2 aromatic carbocycles. The number of carbonyl (C=O) groups is 1. The first kappa shape index (κ1) is 16.8. The van der Waals surface area contributed by atoms with Crippen LogP contribution in [0.4, 0.5) is 0 Å². The molecule has 0 amide bonds. The van der Waals surface area contributed by atoms with Gasteiger partial charge in [0.1, 0.15) is 6.26 Å². The van der Waals surface area contributed by atoms with Crippen LogP contribution in [0.25, 0.3) is 5.76 Å². The molecule has 3 heteroatoms. The Bertz CT molecular complexity index is 694. The highest BCUT2D eigenvalue weighted by Crippen LogP contribution is 2.26. The van der Waals surface area contributed by atoms with E-state index in [1.165, 1.54) is 6.26 Å². The van der Waals surface area contributed by atoms with E-state index in [1.54, 1.807) is 13.2 Å². The van der Waals surface area contributed by atoms with Gasteiger partial charge in [-0.1, -0.05) is 69.3 Å².